The topological polar surface area (TPSA) is 129 Å². The third kappa shape index (κ3) is 7.21. The van der Waals surface area contributed by atoms with Crippen molar-refractivity contribution in [2.75, 3.05) is 62.7 Å². The molecule has 0 spiro atoms. The molecule has 4 aromatic rings. The number of hydrogen-bond donors (Lipinski definition) is 3. The molecule has 4 rings (SSSR count). The first kappa shape index (κ1) is 31.7. The molecule has 0 heterocycles. The SMILES string of the molecule is COc1ccc(-c2cccc(C(=O)N(C)C)c2)cc1S(=O)(=O)Nc1cccc(NC(=O)Nc2cccc(N(C)C)c2)c1OC. The van der Waals surface area contributed by atoms with Crippen molar-refractivity contribution in [1.29, 1.82) is 0 Å². The third-order valence-corrected chi connectivity index (χ3v) is 8.02. The summed E-state index contributed by atoms with van der Waals surface area (Å²) in [4.78, 5) is 28.6. The minimum Gasteiger partial charge on any atom is -0.495 e. The smallest absolute Gasteiger partial charge is 0.323 e. The zero-order valence-electron chi connectivity index (χ0n) is 25.3. The number of ether oxygens (including phenoxy) is 2. The van der Waals surface area contributed by atoms with E-state index in [0.29, 0.717) is 22.4 Å². The largest absolute Gasteiger partial charge is 0.495 e. The Labute approximate surface area is 257 Å². The van der Waals surface area contributed by atoms with Crippen molar-refractivity contribution in [3.8, 4) is 22.6 Å². The molecule has 0 fully saturated rings. The number of benzene rings is 4. The van der Waals surface area contributed by atoms with Crippen LogP contribution < -0.4 is 29.7 Å². The van der Waals surface area contributed by atoms with E-state index < -0.39 is 16.1 Å². The maximum atomic E-state index is 13.7. The van der Waals surface area contributed by atoms with Crippen molar-refractivity contribution in [3.63, 3.8) is 0 Å². The Morgan fingerprint density at radius 2 is 1.41 bits per heavy atom. The molecule has 3 amide bonds. The Kier molecular flexibility index (Phi) is 9.64. The van der Waals surface area contributed by atoms with E-state index in [1.54, 1.807) is 68.7 Å². The molecule has 4 aromatic carbocycles. The molecule has 0 bridgehead atoms. The molecule has 0 saturated carbocycles. The van der Waals surface area contributed by atoms with Gasteiger partial charge in [-0.05, 0) is 65.7 Å². The van der Waals surface area contributed by atoms with Crippen LogP contribution in [0.4, 0.5) is 27.5 Å². The molecular formula is C32H35N5O6S. The van der Waals surface area contributed by atoms with Gasteiger partial charge in [0.05, 0.1) is 25.6 Å². The highest BCUT2D eigenvalue weighted by molar-refractivity contribution is 7.92. The molecule has 0 unspecified atom stereocenters. The number of carbonyl (C=O) groups excluding carboxylic acids is 2. The molecule has 44 heavy (non-hydrogen) atoms. The summed E-state index contributed by atoms with van der Waals surface area (Å²) in [5, 5.41) is 5.49. The second kappa shape index (κ2) is 13.4. The Morgan fingerprint density at radius 1 is 0.727 bits per heavy atom. The lowest BCUT2D eigenvalue weighted by Gasteiger charge is -2.18. The lowest BCUT2D eigenvalue weighted by Crippen LogP contribution is -2.21. The summed E-state index contributed by atoms with van der Waals surface area (Å²) in [5.41, 5.74) is 3.52. The van der Waals surface area contributed by atoms with Gasteiger partial charge in [-0.2, -0.15) is 0 Å². The summed E-state index contributed by atoms with van der Waals surface area (Å²) in [7, 11) is 5.64. The fourth-order valence-electron chi connectivity index (χ4n) is 4.44. The van der Waals surface area contributed by atoms with E-state index in [0.717, 1.165) is 5.69 Å². The molecule has 0 atom stereocenters. The number of nitrogens with one attached hydrogen (secondary N) is 3. The number of anilines is 4. The molecule has 230 valence electrons. The molecule has 0 aliphatic carbocycles. The van der Waals surface area contributed by atoms with Crippen molar-refractivity contribution in [3.05, 3.63) is 90.5 Å². The second-order valence-corrected chi connectivity index (χ2v) is 11.8. The van der Waals surface area contributed by atoms with Gasteiger partial charge in [0.1, 0.15) is 10.6 Å². The van der Waals surface area contributed by atoms with Crippen molar-refractivity contribution < 1.29 is 27.5 Å². The van der Waals surface area contributed by atoms with Crippen LogP contribution in [-0.4, -0.2) is 67.7 Å². The van der Waals surface area contributed by atoms with Crippen molar-refractivity contribution in [1.82, 2.24) is 4.90 Å². The fraction of sp³-hybridized carbons (Fsp3) is 0.188. The van der Waals surface area contributed by atoms with Gasteiger partial charge in [0.15, 0.2) is 5.75 Å². The van der Waals surface area contributed by atoms with E-state index >= 15 is 0 Å². The minimum absolute atomic E-state index is 0.103. The first-order valence-electron chi connectivity index (χ1n) is 13.5. The number of amides is 3. The number of hydrogen-bond acceptors (Lipinski definition) is 7. The highest BCUT2D eigenvalue weighted by atomic mass is 32.2. The fourth-order valence-corrected chi connectivity index (χ4v) is 5.70. The summed E-state index contributed by atoms with van der Waals surface area (Å²) < 4.78 is 41.0. The summed E-state index contributed by atoms with van der Waals surface area (Å²) in [6.45, 7) is 0. The van der Waals surface area contributed by atoms with Gasteiger partial charge in [-0.15, -0.1) is 0 Å². The van der Waals surface area contributed by atoms with E-state index in [-0.39, 0.29) is 33.7 Å². The van der Waals surface area contributed by atoms with Crippen LogP contribution >= 0.6 is 0 Å². The van der Waals surface area contributed by atoms with E-state index in [4.69, 9.17) is 9.47 Å². The Bertz CT molecular complexity index is 1790. The third-order valence-electron chi connectivity index (χ3n) is 6.63. The summed E-state index contributed by atoms with van der Waals surface area (Å²) in [6, 6.07) is 23.1. The molecule has 0 aliphatic rings. The van der Waals surface area contributed by atoms with Gasteiger partial charge in [0.2, 0.25) is 0 Å². The Balaban J connectivity index is 1.62. The van der Waals surface area contributed by atoms with Crippen LogP contribution in [0.3, 0.4) is 0 Å². The molecule has 0 radical (unpaired) electrons. The van der Waals surface area contributed by atoms with Crippen LogP contribution in [-0.2, 0) is 10.0 Å². The van der Waals surface area contributed by atoms with Crippen LogP contribution in [0.25, 0.3) is 11.1 Å². The quantitative estimate of drug-likeness (QED) is 0.212. The van der Waals surface area contributed by atoms with Crippen LogP contribution in [0.1, 0.15) is 10.4 Å². The highest BCUT2D eigenvalue weighted by Crippen LogP contribution is 2.37. The Hall–Kier alpha value is -5.23. The van der Waals surface area contributed by atoms with Crippen molar-refractivity contribution >= 4 is 44.7 Å². The number of rotatable bonds is 10. The van der Waals surface area contributed by atoms with Gasteiger partial charge < -0.3 is 29.9 Å². The number of sulfonamides is 1. The number of methoxy groups -OCH3 is 2. The van der Waals surface area contributed by atoms with E-state index in [1.165, 1.54) is 31.3 Å². The van der Waals surface area contributed by atoms with Crippen molar-refractivity contribution in [2.45, 2.75) is 4.90 Å². The van der Waals surface area contributed by atoms with Crippen LogP contribution in [0.5, 0.6) is 11.5 Å². The van der Waals surface area contributed by atoms with Gasteiger partial charge >= 0.3 is 6.03 Å². The van der Waals surface area contributed by atoms with Crippen LogP contribution in [0.2, 0.25) is 0 Å². The Morgan fingerprint density at radius 3 is 2.09 bits per heavy atom. The van der Waals surface area contributed by atoms with Crippen LogP contribution in [0, 0.1) is 0 Å². The molecule has 0 aromatic heterocycles. The first-order valence-corrected chi connectivity index (χ1v) is 15.0. The molecule has 12 heteroatoms. The molecule has 3 N–H and O–H groups in total. The molecule has 0 aliphatic heterocycles. The normalized spacial score (nSPS) is 10.9. The summed E-state index contributed by atoms with van der Waals surface area (Å²) in [6.07, 6.45) is 0. The highest BCUT2D eigenvalue weighted by Gasteiger charge is 2.24. The predicted molar refractivity (Wildman–Crippen MR) is 174 cm³/mol. The number of carbonyl (C=O) groups is 2. The zero-order valence-corrected chi connectivity index (χ0v) is 26.2. The minimum atomic E-state index is -4.23. The number of para-hydroxylation sites is 1. The van der Waals surface area contributed by atoms with Crippen molar-refractivity contribution in [2.24, 2.45) is 0 Å². The van der Waals surface area contributed by atoms with Gasteiger partial charge in [0.25, 0.3) is 15.9 Å². The van der Waals surface area contributed by atoms with E-state index in [2.05, 4.69) is 15.4 Å². The van der Waals surface area contributed by atoms with E-state index in [1.807, 2.05) is 37.2 Å². The average Bonchev–Trinajstić information content (AvgIpc) is 3.00. The second-order valence-electron chi connectivity index (χ2n) is 10.2. The monoisotopic (exact) mass is 617 g/mol. The lowest BCUT2D eigenvalue weighted by atomic mass is 10.0. The van der Waals surface area contributed by atoms with Gasteiger partial charge in [0, 0.05) is 45.1 Å². The van der Waals surface area contributed by atoms with Gasteiger partial charge in [-0.1, -0.05) is 30.3 Å². The number of nitrogens with zero attached hydrogens (tertiary/aromatic N) is 2. The van der Waals surface area contributed by atoms with Gasteiger partial charge in [-0.25, -0.2) is 13.2 Å². The standard InChI is InChI=1S/C32H35N5O6S/c1-36(2)25-13-8-12-24(20-25)33-32(39)34-26-14-9-15-27(30(26)43-6)35-44(40,41)29-19-22(16-17-28(29)42-5)21-10-7-11-23(18-21)31(38)37(3)4/h7-20,35H,1-6H3,(H2,33,34,39). The predicted octanol–water partition coefficient (Wildman–Crippen LogP) is 5.58. The van der Waals surface area contributed by atoms with Gasteiger partial charge in [-0.3, -0.25) is 9.52 Å². The average molecular weight is 618 g/mol. The number of urea groups is 1. The summed E-state index contributed by atoms with van der Waals surface area (Å²) >= 11 is 0. The first-order chi connectivity index (χ1) is 20.9. The molecule has 11 nitrogen and oxygen atoms in total. The van der Waals surface area contributed by atoms with E-state index in [9.17, 15) is 18.0 Å². The maximum Gasteiger partial charge on any atom is 0.323 e. The molecular weight excluding hydrogens is 582 g/mol. The zero-order chi connectivity index (χ0) is 32.0. The lowest BCUT2D eigenvalue weighted by molar-refractivity contribution is 0.0827. The van der Waals surface area contributed by atoms with Crippen LogP contribution in [0.15, 0.2) is 89.8 Å². The molecule has 0 saturated heterocycles. The summed E-state index contributed by atoms with van der Waals surface area (Å²) in [5.74, 6) is 0.0545. The maximum absolute atomic E-state index is 13.7.